The fraction of sp³-hybridized carbons (Fsp3) is 0.316. The molecule has 146 valence electrons. The Morgan fingerprint density at radius 1 is 1.07 bits per heavy atom. The molecule has 2 aromatic carbocycles. The number of aryl methyl sites for hydroxylation is 1. The van der Waals surface area contributed by atoms with Crippen LogP contribution >= 0.6 is 0 Å². The zero-order chi connectivity index (χ0) is 20.0. The number of anilines is 1. The van der Waals surface area contributed by atoms with Gasteiger partial charge in [-0.15, -0.1) is 0 Å². The second kappa shape index (κ2) is 8.88. The van der Waals surface area contributed by atoms with Crippen molar-refractivity contribution in [2.75, 3.05) is 32.1 Å². The summed E-state index contributed by atoms with van der Waals surface area (Å²) >= 11 is 0. The van der Waals surface area contributed by atoms with Crippen molar-refractivity contribution >= 4 is 21.8 Å². The molecule has 7 nitrogen and oxygen atoms in total. The van der Waals surface area contributed by atoms with Crippen molar-refractivity contribution in [1.29, 1.82) is 0 Å². The van der Waals surface area contributed by atoms with Gasteiger partial charge in [0.15, 0.2) is 0 Å². The molecule has 0 atom stereocenters. The highest BCUT2D eigenvalue weighted by molar-refractivity contribution is 7.90. The van der Waals surface area contributed by atoms with Gasteiger partial charge in [-0.2, -0.15) is 12.7 Å². The topological polar surface area (TPSA) is 79.0 Å². The largest absolute Gasteiger partial charge is 0.496 e. The van der Waals surface area contributed by atoms with Crippen LogP contribution in [-0.2, 0) is 21.5 Å². The van der Waals surface area contributed by atoms with Crippen LogP contribution in [0.2, 0.25) is 0 Å². The fourth-order valence-electron chi connectivity index (χ4n) is 2.44. The van der Waals surface area contributed by atoms with E-state index in [1.165, 1.54) is 14.1 Å². The van der Waals surface area contributed by atoms with Crippen LogP contribution in [0.5, 0.6) is 5.75 Å². The first-order valence-corrected chi connectivity index (χ1v) is 9.81. The predicted octanol–water partition coefficient (Wildman–Crippen LogP) is 1.93. The lowest BCUT2D eigenvalue weighted by Crippen LogP contribution is -2.45. The first-order valence-electron chi connectivity index (χ1n) is 8.41. The van der Waals surface area contributed by atoms with E-state index in [1.807, 2.05) is 25.1 Å². The maximum atomic E-state index is 12.7. The van der Waals surface area contributed by atoms with Crippen molar-refractivity contribution < 1.29 is 17.9 Å². The van der Waals surface area contributed by atoms with Crippen LogP contribution in [0.1, 0.15) is 11.1 Å². The minimum absolute atomic E-state index is 0.243. The minimum atomic E-state index is -3.81. The Hall–Kier alpha value is -2.58. The summed E-state index contributed by atoms with van der Waals surface area (Å²) in [5, 5.41) is 2.75. The number of carbonyl (C=O) groups excluding carboxylic acids is 1. The predicted molar refractivity (Wildman–Crippen MR) is 106 cm³/mol. The molecule has 0 saturated heterocycles. The summed E-state index contributed by atoms with van der Waals surface area (Å²) in [5.41, 5.74) is 2.24. The first-order chi connectivity index (χ1) is 12.8. The van der Waals surface area contributed by atoms with Crippen LogP contribution in [0.4, 0.5) is 5.69 Å². The number of carbonyl (C=O) groups is 1. The number of methoxy groups -OCH3 is 1. The molecule has 0 radical (unpaired) electrons. The number of hydrogen-bond acceptors (Lipinski definition) is 4. The SMILES string of the molecule is COc1ccccc1CNC(=O)CN(c1ccc(C)cc1)S(=O)(=O)N(C)C. The molecule has 1 N–H and O–H groups in total. The average molecular weight is 391 g/mol. The summed E-state index contributed by atoms with van der Waals surface area (Å²) in [6.45, 7) is 1.83. The second-order valence-corrected chi connectivity index (χ2v) is 8.29. The van der Waals surface area contributed by atoms with E-state index in [2.05, 4.69) is 5.32 Å². The molecule has 0 spiro atoms. The quantitative estimate of drug-likeness (QED) is 0.746. The van der Waals surface area contributed by atoms with Gasteiger partial charge in [-0.3, -0.25) is 4.79 Å². The molecule has 0 saturated carbocycles. The van der Waals surface area contributed by atoms with Crippen LogP contribution in [0.3, 0.4) is 0 Å². The Kier molecular flexibility index (Phi) is 6.81. The van der Waals surface area contributed by atoms with E-state index in [0.29, 0.717) is 11.4 Å². The lowest BCUT2D eigenvalue weighted by Gasteiger charge is -2.27. The molecule has 1 amide bonds. The van der Waals surface area contributed by atoms with Crippen molar-refractivity contribution in [2.24, 2.45) is 0 Å². The minimum Gasteiger partial charge on any atom is -0.496 e. The Morgan fingerprint density at radius 3 is 2.30 bits per heavy atom. The Labute approximate surface area is 160 Å². The van der Waals surface area contributed by atoms with E-state index in [1.54, 1.807) is 37.4 Å². The molecular formula is C19H25N3O4S. The molecule has 0 aromatic heterocycles. The van der Waals surface area contributed by atoms with Crippen LogP contribution in [-0.4, -0.2) is 46.4 Å². The van der Waals surface area contributed by atoms with Gasteiger partial charge < -0.3 is 10.1 Å². The molecule has 2 aromatic rings. The lowest BCUT2D eigenvalue weighted by molar-refractivity contribution is -0.119. The van der Waals surface area contributed by atoms with Gasteiger partial charge in [-0.1, -0.05) is 35.9 Å². The van der Waals surface area contributed by atoms with Crippen molar-refractivity contribution in [3.63, 3.8) is 0 Å². The maximum Gasteiger partial charge on any atom is 0.304 e. The highest BCUT2D eigenvalue weighted by atomic mass is 32.2. The molecule has 0 aliphatic carbocycles. The summed E-state index contributed by atoms with van der Waals surface area (Å²) < 4.78 is 32.8. The molecule has 0 heterocycles. The van der Waals surface area contributed by atoms with E-state index < -0.39 is 16.1 Å². The average Bonchev–Trinajstić information content (AvgIpc) is 2.65. The molecular weight excluding hydrogens is 366 g/mol. The van der Waals surface area contributed by atoms with Gasteiger partial charge in [0.05, 0.1) is 12.8 Å². The summed E-state index contributed by atoms with van der Waals surface area (Å²) in [7, 11) is 0.612. The van der Waals surface area contributed by atoms with Crippen LogP contribution in [0.15, 0.2) is 48.5 Å². The molecule has 2 rings (SSSR count). The van der Waals surface area contributed by atoms with Crippen molar-refractivity contribution in [1.82, 2.24) is 9.62 Å². The number of nitrogens with one attached hydrogen (secondary N) is 1. The fourth-order valence-corrected chi connectivity index (χ4v) is 3.51. The van der Waals surface area contributed by atoms with E-state index in [4.69, 9.17) is 4.74 Å². The van der Waals surface area contributed by atoms with E-state index >= 15 is 0 Å². The van der Waals surface area contributed by atoms with E-state index in [0.717, 1.165) is 19.7 Å². The number of ether oxygens (including phenoxy) is 1. The monoisotopic (exact) mass is 391 g/mol. The number of amides is 1. The Morgan fingerprint density at radius 2 is 1.70 bits per heavy atom. The van der Waals surface area contributed by atoms with Gasteiger partial charge in [0.25, 0.3) is 0 Å². The molecule has 0 bridgehead atoms. The molecule has 0 aliphatic heterocycles. The Balaban J connectivity index is 2.17. The first kappa shape index (κ1) is 20.7. The molecule has 8 heteroatoms. The number of benzene rings is 2. The van der Waals surface area contributed by atoms with E-state index in [-0.39, 0.29) is 13.1 Å². The third-order valence-corrected chi connectivity index (χ3v) is 5.84. The molecule has 0 fully saturated rings. The maximum absolute atomic E-state index is 12.7. The van der Waals surface area contributed by atoms with Crippen molar-refractivity contribution in [3.8, 4) is 5.75 Å². The number of rotatable bonds is 8. The molecule has 27 heavy (non-hydrogen) atoms. The van der Waals surface area contributed by atoms with Crippen LogP contribution < -0.4 is 14.4 Å². The van der Waals surface area contributed by atoms with Gasteiger partial charge in [0.1, 0.15) is 12.3 Å². The zero-order valence-electron chi connectivity index (χ0n) is 16.0. The third kappa shape index (κ3) is 5.21. The highest BCUT2D eigenvalue weighted by Gasteiger charge is 2.27. The summed E-state index contributed by atoms with van der Waals surface area (Å²) in [6, 6.07) is 14.3. The molecule has 0 unspecified atom stereocenters. The van der Waals surface area contributed by atoms with Gasteiger partial charge in [-0.25, -0.2) is 4.31 Å². The normalized spacial score (nSPS) is 11.3. The second-order valence-electron chi connectivity index (χ2n) is 6.22. The lowest BCUT2D eigenvalue weighted by atomic mass is 10.2. The number of nitrogens with zero attached hydrogens (tertiary/aromatic N) is 2. The summed E-state index contributed by atoms with van der Waals surface area (Å²) in [5.74, 6) is 0.251. The third-order valence-electron chi connectivity index (χ3n) is 4.02. The van der Waals surface area contributed by atoms with Gasteiger partial charge in [-0.05, 0) is 25.1 Å². The Bertz CT molecular complexity index is 880. The molecule has 0 aliphatic rings. The summed E-state index contributed by atoms with van der Waals surface area (Å²) in [6.07, 6.45) is 0. The van der Waals surface area contributed by atoms with Crippen LogP contribution in [0, 0.1) is 6.92 Å². The van der Waals surface area contributed by atoms with Crippen molar-refractivity contribution in [3.05, 3.63) is 59.7 Å². The van der Waals surface area contributed by atoms with Gasteiger partial charge in [0, 0.05) is 26.2 Å². The standard InChI is InChI=1S/C19H25N3O4S/c1-15-9-11-17(12-10-15)22(27(24,25)21(2)3)14-19(23)20-13-16-7-5-6-8-18(16)26-4/h5-12H,13-14H2,1-4H3,(H,20,23). The van der Waals surface area contributed by atoms with Gasteiger partial charge >= 0.3 is 10.2 Å². The zero-order valence-corrected chi connectivity index (χ0v) is 16.8. The number of hydrogen-bond donors (Lipinski definition) is 1. The number of para-hydroxylation sites is 1. The van der Waals surface area contributed by atoms with E-state index in [9.17, 15) is 13.2 Å². The summed E-state index contributed by atoms with van der Waals surface area (Å²) in [4.78, 5) is 12.5. The van der Waals surface area contributed by atoms with Crippen molar-refractivity contribution in [2.45, 2.75) is 13.5 Å². The van der Waals surface area contributed by atoms with Gasteiger partial charge in [0.2, 0.25) is 5.91 Å². The van der Waals surface area contributed by atoms with Crippen LogP contribution in [0.25, 0.3) is 0 Å². The smallest absolute Gasteiger partial charge is 0.304 e. The highest BCUT2D eigenvalue weighted by Crippen LogP contribution is 2.20.